The average Bonchev–Trinajstić information content (AvgIpc) is 1.52. The zero-order valence-corrected chi connectivity index (χ0v) is 78.1. The lowest BCUT2D eigenvalue weighted by Gasteiger charge is -2.16. The molecule has 0 radical (unpaired) electrons. The van der Waals surface area contributed by atoms with Crippen LogP contribution in [0, 0.1) is 11.3 Å². The Labute approximate surface area is 829 Å². The van der Waals surface area contributed by atoms with Gasteiger partial charge in [0.15, 0.2) is 0 Å². The zero-order valence-electron chi connectivity index (χ0n) is 78.1. The van der Waals surface area contributed by atoms with Crippen LogP contribution in [0.5, 0.6) is 0 Å². The van der Waals surface area contributed by atoms with E-state index in [1.165, 1.54) is 229 Å². The minimum absolute atomic E-state index is 0.135. The highest BCUT2D eigenvalue weighted by Crippen LogP contribution is 2.55. The third-order valence-corrected chi connectivity index (χ3v) is 31.8. The number of hydrogen-bond donors (Lipinski definition) is 0. The van der Waals surface area contributed by atoms with Crippen molar-refractivity contribution < 1.29 is 0 Å². The van der Waals surface area contributed by atoms with Crippen molar-refractivity contribution in [3.63, 3.8) is 0 Å². The number of nitrogens with zero attached hydrogens (tertiary/aromatic N) is 13. The maximum atomic E-state index is 9.70. The summed E-state index contributed by atoms with van der Waals surface area (Å²) in [6.45, 7) is 0. The largest absolute Gasteiger partial charge is 0.309 e. The van der Waals surface area contributed by atoms with Crippen molar-refractivity contribution >= 4 is 245 Å². The molecule has 34 aromatic rings. The van der Waals surface area contributed by atoms with Gasteiger partial charge >= 0.3 is 0 Å². The maximum Gasteiger partial charge on any atom is 0.235 e. The van der Waals surface area contributed by atoms with Crippen LogP contribution in [0.2, 0.25) is 0 Å². The zero-order chi connectivity index (χ0) is 95.1. The van der Waals surface area contributed by atoms with Crippen LogP contribution in [-0.4, -0.2) is 56.4 Å². The molecule has 0 bridgehead atoms. The average molecular weight is 1860 g/mol. The third kappa shape index (κ3) is 10.7. The molecule has 20 aromatic carbocycles. The van der Waals surface area contributed by atoms with Crippen molar-refractivity contribution in [2.45, 2.75) is 5.92 Å². The molecule has 1 aliphatic carbocycles. The standard InChI is InChI=1S/C46H27N3.C44H25N5.C43H23N5/c1-2-11-28-24-41-37(23-27(28)10-1)45-44-35-17-6-8-19-40(35)48(42(44)25-36-33-15-5-7-18-39(33)49(41)46(36)45)30-13-9-12-29(22-30)43-34-16-4-3-14-31(34)32-20-21-47-26-38(32)43;1-2-10-27-22-38-34(21-26(27)9-1)43-42-32-13-5-8-16-37(32)48(39(42)23-33-30-12-4-7-15-36(30)49(38)44(33)43)41-18-17-28(24-46-41)47-35-14-6-3-11-29(35)31-19-20-45-25-40(31)47;44-24-25-10-9-13-28(20-25)41-30-15-3-6-17-34(30)45-43(46-41)48-36-19-8-5-16-31(36)39-38(48)23-32-29-14-4-7-18-35(29)47-37-22-27-12-2-1-11-26(27)21-33(37)40(39)42(32)47/h1-26,43H;1-25H;1-23H. The Hall–Kier alpha value is -19.9. The number of para-hydroxylation sites is 8. The van der Waals surface area contributed by atoms with E-state index >= 15 is 0 Å². The summed E-state index contributed by atoms with van der Waals surface area (Å²) in [6.07, 6.45) is 9.78. The van der Waals surface area contributed by atoms with Crippen molar-refractivity contribution in [3.05, 3.63) is 472 Å². The summed E-state index contributed by atoms with van der Waals surface area (Å²) < 4.78 is 16.8. The fourth-order valence-electron chi connectivity index (χ4n) is 25.9. The summed E-state index contributed by atoms with van der Waals surface area (Å²) in [5, 5.41) is 43.2. The molecule has 1 aliphatic rings. The fraction of sp³-hybridized carbons (Fsp3) is 0.00752. The van der Waals surface area contributed by atoms with E-state index in [2.05, 4.69) is 430 Å². The number of benzene rings is 20. The molecule has 0 saturated heterocycles. The van der Waals surface area contributed by atoms with Gasteiger partial charge in [0.1, 0.15) is 5.82 Å². The van der Waals surface area contributed by atoms with E-state index < -0.39 is 0 Å². The van der Waals surface area contributed by atoms with Crippen molar-refractivity contribution in [3.8, 4) is 51.6 Å². The number of rotatable bonds is 6. The van der Waals surface area contributed by atoms with E-state index in [9.17, 15) is 5.26 Å². The van der Waals surface area contributed by atoms with E-state index in [1.807, 2.05) is 67.3 Å². The Morgan fingerprint density at radius 3 is 1.20 bits per heavy atom. The normalized spacial score (nSPS) is 13.0. The first kappa shape index (κ1) is 78.9. The lowest BCUT2D eigenvalue weighted by molar-refractivity contribution is 0.994. The van der Waals surface area contributed by atoms with Gasteiger partial charge in [0.05, 0.1) is 135 Å². The van der Waals surface area contributed by atoms with Gasteiger partial charge < -0.3 is 22.3 Å². The summed E-state index contributed by atoms with van der Waals surface area (Å²) in [5.74, 6) is 1.63. The predicted octanol–water partition coefficient (Wildman–Crippen LogP) is 33.2. The van der Waals surface area contributed by atoms with Crippen LogP contribution in [0.25, 0.3) is 290 Å². The van der Waals surface area contributed by atoms with Gasteiger partial charge in [0.2, 0.25) is 5.95 Å². The highest BCUT2D eigenvalue weighted by Gasteiger charge is 2.34. The molecule has 13 heteroatoms. The molecule has 1 atom stereocenters. The van der Waals surface area contributed by atoms with Crippen LogP contribution in [0.15, 0.2) is 450 Å². The minimum atomic E-state index is 0.135. The predicted molar refractivity (Wildman–Crippen MR) is 603 cm³/mol. The lowest BCUT2D eigenvalue weighted by Crippen LogP contribution is -2.03. The van der Waals surface area contributed by atoms with Crippen LogP contribution in [0.4, 0.5) is 0 Å². The second-order valence-electron chi connectivity index (χ2n) is 39.2. The van der Waals surface area contributed by atoms with E-state index in [4.69, 9.17) is 15.0 Å². The van der Waals surface area contributed by atoms with Crippen LogP contribution < -0.4 is 0 Å². The summed E-state index contributed by atoms with van der Waals surface area (Å²) in [7, 11) is 0. The number of nitriles is 1. The molecule has 146 heavy (non-hydrogen) atoms. The Morgan fingerprint density at radius 2 is 0.658 bits per heavy atom. The number of fused-ring (bicyclic) bond motifs is 40. The molecular formula is C133H75N13. The highest BCUT2D eigenvalue weighted by atomic mass is 15.2. The van der Waals surface area contributed by atoms with Crippen molar-refractivity contribution in [2.24, 2.45) is 0 Å². The first-order valence-corrected chi connectivity index (χ1v) is 49.7. The maximum absolute atomic E-state index is 9.70. The monoisotopic (exact) mass is 1850 g/mol. The van der Waals surface area contributed by atoms with Crippen molar-refractivity contribution in [1.29, 1.82) is 5.26 Å². The molecule has 1 unspecified atom stereocenters. The molecule has 0 amide bonds. The van der Waals surface area contributed by atoms with Gasteiger partial charge in [-0.25, -0.2) is 15.0 Å². The van der Waals surface area contributed by atoms with E-state index in [0.717, 1.165) is 72.2 Å². The van der Waals surface area contributed by atoms with Crippen LogP contribution in [-0.2, 0) is 0 Å². The lowest BCUT2D eigenvalue weighted by atomic mass is 9.90. The third-order valence-electron chi connectivity index (χ3n) is 31.8. The molecule has 672 valence electrons. The molecule has 13 nitrogen and oxygen atoms in total. The summed E-state index contributed by atoms with van der Waals surface area (Å²) in [6, 6.07) is 154. The first-order chi connectivity index (χ1) is 72.4. The van der Waals surface area contributed by atoms with Gasteiger partial charge in [0.25, 0.3) is 0 Å². The van der Waals surface area contributed by atoms with Gasteiger partial charge in [0, 0.05) is 149 Å². The summed E-state index contributed by atoms with van der Waals surface area (Å²) >= 11 is 0. The van der Waals surface area contributed by atoms with E-state index in [-0.39, 0.29) is 5.92 Å². The minimum Gasteiger partial charge on any atom is -0.309 e. The molecule has 14 aromatic heterocycles. The van der Waals surface area contributed by atoms with Crippen LogP contribution in [0.3, 0.4) is 0 Å². The molecule has 0 saturated carbocycles. The van der Waals surface area contributed by atoms with Crippen LogP contribution >= 0.6 is 0 Å². The smallest absolute Gasteiger partial charge is 0.235 e. The topological polar surface area (TPSA) is 121 Å². The van der Waals surface area contributed by atoms with Crippen LogP contribution in [0.1, 0.15) is 28.2 Å². The fourth-order valence-corrected chi connectivity index (χ4v) is 25.9. The van der Waals surface area contributed by atoms with Crippen molar-refractivity contribution in [1.82, 2.24) is 56.4 Å². The number of aromatic nitrogens is 12. The highest BCUT2D eigenvalue weighted by molar-refractivity contribution is 6.40. The second-order valence-corrected chi connectivity index (χ2v) is 39.2. The van der Waals surface area contributed by atoms with E-state index in [1.54, 1.807) is 0 Å². The summed E-state index contributed by atoms with van der Waals surface area (Å²) in [4.78, 5) is 24.8. The SMILES string of the molecule is N#Cc1cccc(-c2nc(-n3c4ccccc4c4c5c6cc7ccccc7cc6n6c7ccccc7c(cc43)c56)nc3ccccc23)c1.c1cc(C2c3ccccc3-c3ccncc32)cc(-n2c3ccccc3c3c4c5cc6ccccc6cc5n5c6ccccc6c(cc32)c45)c1.c1ccc2cc3c(cc2c1)c1c2c4ccccc4n(-c4ccc(-n5c6ccccc6c6ccncc65)cn4)c2cc2c4ccccc4n3c21. The molecule has 0 N–H and O–H groups in total. The second kappa shape index (κ2) is 29.6. The van der Waals surface area contributed by atoms with Gasteiger partial charge in [-0.05, 0) is 212 Å². The van der Waals surface area contributed by atoms with Gasteiger partial charge in [-0.15, -0.1) is 0 Å². The van der Waals surface area contributed by atoms with Crippen molar-refractivity contribution in [2.75, 3.05) is 0 Å². The Morgan fingerprint density at radius 1 is 0.240 bits per heavy atom. The first-order valence-electron chi connectivity index (χ1n) is 49.7. The molecule has 0 aliphatic heterocycles. The Kier molecular flexibility index (Phi) is 16.0. The van der Waals surface area contributed by atoms with E-state index in [0.29, 0.717) is 11.5 Å². The van der Waals surface area contributed by atoms with Gasteiger partial charge in [-0.2, -0.15) is 5.26 Å². The molecule has 0 fully saturated rings. The Balaban J connectivity index is 0.0000000958. The Bertz CT molecular complexity index is 11700. The quantitative estimate of drug-likeness (QED) is 0.163. The molecule has 0 spiro atoms. The number of pyridine rings is 3. The number of hydrogen-bond acceptors (Lipinski definition) is 6. The molecular weight excluding hydrogens is 1780 g/mol. The van der Waals surface area contributed by atoms with Gasteiger partial charge in [-0.3, -0.25) is 19.1 Å². The van der Waals surface area contributed by atoms with Gasteiger partial charge in [-0.1, -0.05) is 267 Å². The molecule has 35 rings (SSSR count). The summed E-state index contributed by atoms with van der Waals surface area (Å²) in [5.41, 5.74) is 32.1. The molecule has 14 heterocycles.